The highest BCUT2D eigenvalue weighted by molar-refractivity contribution is 7.89. The second kappa shape index (κ2) is 15.8. The molecule has 0 unspecified atom stereocenters. The molecular formula is C38H37ClF5N3O6S. The molecule has 54 heavy (non-hydrogen) atoms. The molecule has 2 saturated heterocycles. The molecule has 7 rings (SSSR count). The van der Waals surface area contributed by atoms with Gasteiger partial charge >= 0.3 is 12.1 Å². The molecule has 1 amide bonds. The van der Waals surface area contributed by atoms with Crippen molar-refractivity contribution in [3.8, 4) is 16.9 Å². The Balaban J connectivity index is 0.000000649. The molecule has 4 aromatic rings. The third kappa shape index (κ3) is 8.80. The zero-order valence-corrected chi connectivity index (χ0v) is 30.2. The molecule has 1 aliphatic carbocycles. The van der Waals surface area contributed by atoms with E-state index in [1.54, 1.807) is 42.5 Å². The van der Waals surface area contributed by atoms with Crippen LogP contribution in [0, 0.1) is 5.92 Å². The molecule has 3 atom stereocenters. The average molecular weight is 794 g/mol. The predicted molar refractivity (Wildman–Crippen MR) is 192 cm³/mol. The SMILES string of the molecule is O=C(O)C(F)(F)F.O=C([C@H](NS(=O)(=O)c1ccc2cc(OC3CCCC3)ccc2c1)C(F)(F)c1ccc(-c2ccc(Cl)cc2)cc1)N1CC[C@@H]2CNC[C@@H]21. The van der Waals surface area contributed by atoms with Gasteiger partial charge in [-0.2, -0.15) is 26.7 Å². The number of hydrogen-bond donors (Lipinski definition) is 3. The second-order valence-electron chi connectivity index (χ2n) is 13.6. The first-order chi connectivity index (χ1) is 25.5. The maximum atomic E-state index is 16.5. The lowest BCUT2D eigenvalue weighted by Crippen LogP contribution is -2.57. The summed E-state index contributed by atoms with van der Waals surface area (Å²) in [4.78, 5) is 24.1. The van der Waals surface area contributed by atoms with Gasteiger partial charge in [-0.25, -0.2) is 13.2 Å². The van der Waals surface area contributed by atoms with E-state index in [2.05, 4.69) is 10.0 Å². The Morgan fingerprint density at radius 2 is 1.44 bits per heavy atom. The normalized spacial score (nSPS) is 19.6. The molecular weight excluding hydrogens is 757 g/mol. The van der Waals surface area contributed by atoms with Gasteiger partial charge in [0.15, 0.2) is 6.04 Å². The summed E-state index contributed by atoms with van der Waals surface area (Å²) in [5, 5.41) is 12.3. The van der Waals surface area contributed by atoms with Gasteiger partial charge in [-0.05, 0) is 96.3 Å². The van der Waals surface area contributed by atoms with E-state index in [-0.39, 0.29) is 23.0 Å². The van der Waals surface area contributed by atoms with Crippen molar-refractivity contribution in [3.63, 3.8) is 0 Å². The molecule has 4 aromatic carbocycles. The third-order valence-corrected chi connectivity index (χ3v) is 11.7. The van der Waals surface area contributed by atoms with Crippen molar-refractivity contribution in [2.75, 3.05) is 19.6 Å². The minimum Gasteiger partial charge on any atom is -0.490 e. The third-order valence-electron chi connectivity index (χ3n) is 10.00. The Bertz CT molecular complexity index is 2100. The number of fused-ring (bicyclic) bond motifs is 2. The second-order valence-corrected chi connectivity index (χ2v) is 15.7. The number of carbonyl (C=O) groups excluding carboxylic acids is 1. The van der Waals surface area contributed by atoms with E-state index >= 15 is 8.78 Å². The number of carbonyl (C=O) groups is 2. The van der Waals surface area contributed by atoms with Gasteiger partial charge in [-0.1, -0.05) is 60.1 Å². The van der Waals surface area contributed by atoms with Gasteiger partial charge in [0.25, 0.3) is 5.92 Å². The van der Waals surface area contributed by atoms with E-state index in [0.717, 1.165) is 36.6 Å². The summed E-state index contributed by atoms with van der Waals surface area (Å²) in [5.74, 6) is -6.71. The van der Waals surface area contributed by atoms with Gasteiger partial charge in [-0.3, -0.25) is 4.79 Å². The molecule has 2 aliphatic heterocycles. The first-order valence-corrected chi connectivity index (χ1v) is 19.2. The molecule has 0 radical (unpaired) electrons. The first kappa shape index (κ1) is 39.4. The molecule has 3 fully saturated rings. The molecule has 0 aromatic heterocycles. The van der Waals surface area contributed by atoms with Gasteiger partial charge < -0.3 is 20.1 Å². The van der Waals surface area contributed by atoms with Crippen LogP contribution in [0.15, 0.2) is 89.8 Å². The summed E-state index contributed by atoms with van der Waals surface area (Å²) in [6.07, 6.45) is 0.0492. The minimum atomic E-state index is -5.08. The number of rotatable bonds is 9. The largest absolute Gasteiger partial charge is 0.490 e. The molecule has 3 aliphatic rings. The smallest absolute Gasteiger partial charge is 0.490 e. The molecule has 288 valence electrons. The van der Waals surface area contributed by atoms with Gasteiger partial charge in [0.1, 0.15) is 5.75 Å². The molecule has 9 nitrogen and oxygen atoms in total. The fourth-order valence-electron chi connectivity index (χ4n) is 7.13. The Kier molecular flexibility index (Phi) is 11.5. The van der Waals surface area contributed by atoms with Crippen LogP contribution in [0.25, 0.3) is 21.9 Å². The number of sulfonamides is 1. The van der Waals surface area contributed by atoms with Crippen molar-refractivity contribution in [2.24, 2.45) is 5.92 Å². The molecule has 1 saturated carbocycles. The summed E-state index contributed by atoms with van der Waals surface area (Å²) < 4.78 is 101. The monoisotopic (exact) mass is 793 g/mol. The van der Waals surface area contributed by atoms with Crippen molar-refractivity contribution in [1.29, 1.82) is 0 Å². The van der Waals surface area contributed by atoms with Crippen LogP contribution >= 0.6 is 11.6 Å². The highest BCUT2D eigenvalue weighted by atomic mass is 35.5. The zero-order chi connectivity index (χ0) is 38.8. The Morgan fingerprint density at radius 1 is 0.852 bits per heavy atom. The quantitative estimate of drug-likeness (QED) is 0.151. The highest BCUT2D eigenvalue weighted by Gasteiger charge is 2.52. The number of halogens is 6. The lowest BCUT2D eigenvalue weighted by Gasteiger charge is -2.33. The van der Waals surface area contributed by atoms with Crippen molar-refractivity contribution >= 4 is 44.3 Å². The summed E-state index contributed by atoms with van der Waals surface area (Å²) in [6, 6.07) is 19.7. The number of alkyl halides is 5. The Labute approximate surface area is 313 Å². The number of carboxylic acids is 1. The van der Waals surface area contributed by atoms with Gasteiger partial charge in [0.05, 0.1) is 11.0 Å². The van der Waals surface area contributed by atoms with Gasteiger partial charge in [0, 0.05) is 36.3 Å². The number of amides is 1. The minimum absolute atomic E-state index is 0.145. The number of hydrogen-bond acceptors (Lipinski definition) is 6. The molecule has 0 spiro atoms. The number of aliphatic carboxylic acids is 1. The summed E-state index contributed by atoms with van der Waals surface area (Å²) in [6.45, 7) is 1.47. The van der Waals surface area contributed by atoms with Crippen LogP contribution in [-0.2, 0) is 25.5 Å². The van der Waals surface area contributed by atoms with Gasteiger partial charge in [-0.15, -0.1) is 0 Å². The number of nitrogens with zero attached hydrogens (tertiary/aromatic N) is 1. The van der Waals surface area contributed by atoms with E-state index in [1.165, 1.54) is 41.3 Å². The topological polar surface area (TPSA) is 125 Å². The fraction of sp³-hybridized carbons (Fsp3) is 0.368. The van der Waals surface area contributed by atoms with E-state index < -0.39 is 45.6 Å². The van der Waals surface area contributed by atoms with E-state index in [4.69, 9.17) is 26.2 Å². The lowest BCUT2D eigenvalue weighted by molar-refractivity contribution is -0.192. The van der Waals surface area contributed by atoms with Crippen molar-refractivity contribution in [2.45, 2.75) is 67.3 Å². The molecule has 0 bridgehead atoms. The summed E-state index contributed by atoms with van der Waals surface area (Å²) in [5.41, 5.74) is 0.991. The van der Waals surface area contributed by atoms with Crippen LogP contribution in [0.5, 0.6) is 5.75 Å². The van der Waals surface area contributed by atoms with Crippen molar-refractivity contribution in [3.05, 3.63) is 95.5 Å². The number of likely N-dealkylation sites (tertiary alicyclic amines) is 1. The Morgan fingerprint density at radius 3 is 2.07 bits per heavy atom. The van der Waals surface area contributed by atoms with Gasteiger partial charge in [0.2, 0.25) is 15.9 Å². The maximum absolute atomic E-state index is 16.5. The first-order valence-electron chi connectivity index (χ1n) is 17.3. The van der Waals surface area contributed by atoms with Crippen LogP contribution < -0.4 is 14.8 Å². The lowest BCUT2D eigenvalue weighted by atomic mass is 9.97. The van der Waals surface area contributed by atoms with Crippen molar-refractivity contribution < 1.29 is 49.8 Å². The molecule has 2 heterocycles. The van der Waals surface area contributed by atoms with E-state index in [0.29, 0.717) is 47.8 Å². The standard InChI is InChI=1S/C36H36ClF2N3O4S.C2HF3O2/c37-29-13-7-24(8-14-29)23-5-11-28(12-6-23)36(38,39)34(35(43)42-18-17-27-21-40-22-33(27)42)41-47(44,45)32-16-10-25-19-31(15-9-26(25)20-32)46-30-3-1-2-4-30;3-2(4,5)1(6)7/h5-16,19-20,27,30,33-34,40-41H,1-4,17-18,21-22H2;(H,6,7)/t27-,33+,34+;/m1./s1. The predicted octanol–water partition coefficient (Wildman–Crippen LogP) is 7.37. The zero-order valence-electron chi connectivity index (χ0n) is 28.7. The molecule has 3 N–H and O–H groups in total. The van der Waals surface area contributed by atoms with Crippen LogP contribution in [0.2, 0.25) is 5.02 Å². The number of carboxylic acid groups (broad SMARTS) is 1. The highest BCUT2D eigenvalue weighted by Crippen LogP contribution is 2.38. The number of ether oxygens (including phenoxy) is 1. The van der Waals surface area contributed by atoms with Crippen LogP contribution in [-0.4, -0.2) is 74.3 Å². The van der Waals surface area contributed by atoms with Crippen molar-refractivity contribution in [1.82, 2.24) is 14.9 Å². The number of nitrogens with one attached hydrogen (secondary N) is 2. The fourth-order valence-corrected chi connectivity index (χ4v) is 8.48. The Hall–Kier alpha value is -4.31. The van der Waals surface area contributed by atoms with Crippen LogP contribution in [0.4, 0.5) is 22.0 Å². The summed E-state index contributed by atoms with van der Waals surface area (Å²) in [7, 11) is -4.56. The van der Waals surface area contributed by atoms with E-state index in [1.807, 2.05) is 6.07 Å². The van der Waals surface area contributed by atoms with E-state index in [9.17, 15) is 26.4 Å². The maximum Gasteiger partial charge on any atom is 0.490 e. The summed E-state index contributed by atoms with van der Waals surface area (Å²) >= 11 is 6.00. The molecule has 16 heteroatoms. The average Bonchev–Trinajstić information content (AvgIpc) is 3.91. The van der Waals surface area contributed by atoms with Crippen LogP contribution in [0.1, 0.15) is 37.7 Å². The van der Waals surface area contributed by atoms with Crippen LogP contribution in [0.3, 0.4) is 0 Å². The number of benzene rings is 4.